The van der Waals surface area contributed by atoms with E-state index in [-0.39, 0.29) is 6.04 Å². The summed E-state index contributed by atoms with van der Waals surface area (Å²) < 4.78 is 11.3. The largest absolute Gasteiger partial charge is 0.490 e. The van der Waals surface area contributed by atoms with Gasteiger partial charge in [0.05, 0.1) is 19.3 Å². The first-order valence-electron chi connectivity index (χ1n) is 6.87. The van der Waals surface area contributed by atoms with Gasteiger partial charge in [-0.1, -0.05) is 0 Å². The van der Waals surface area contributed by atoms with Crippen molar-refractivity contribution >= 4 is 11.8 Å². The molecule has 0 saturated heterocycles. The number of nitrogens with one attached hydrogen (secondary N) is 1. The van der Waals surface area contributed by atoms with E-state index in [1.807, 2.05) is 32.0 Å². The molecule has 0 spiro atoms. The van der Waals surface area contributed by atoms with E-state index in [2.05, 4.69) is 11.4 Å². The standard InChI is InChI=1S/C15H20N2O2S/c1-11(2)17-12(9-16)10-20-13-4-5-14-15(8-13)19-7-3-6-18-14/h4-5,8,11-12,17H,3,6-7,10H2,1-2H3. The van der Waals surface area contributed by atoms with Gasteiger partial charge in [-0.05, 0) is 32.0 Å². The van der Waals surface area contributed by atoms with Crippen molar-refractivity contribution in [3.63, 3.8) is 0 Å². The van der Waals surface area contributed by atoms with E-state index in [0.29, 0.717) is 25.0 Å². The lowest BCUT2D eigenvalue weighted by Gasteiger charge is -2.14. The van der Waals surface area contributed by atoms with Crippen LogP contribution in [0, 0.1) is 11.3 Å². The van der Waals surface area contributed by atoms with E-state index in [0.717, 1.165) is 22.8 Å². The minimum atomic E-state index is -0.143. The number of hydrogen-bond acceptors (Lipinski definition) is 5. The molecule has 0 aliphatic carbocycles. The highest BCUT2D eigenvalue weighted by atomic mass is 32.2. The van der Waals surface area contributed by atoms with Crippen LogP contribution in [-0.4, -0.2) is 31.1 Å². The van der Waals surface area contributed by atoms with E-state index < -0.39 is 0 Å². The fourth-order valence-corrected chi connectivity index (χ4v) is 2.82. The maximum atomic E-state index is 9.11. The Morgan fingerprint density at radius 1 is 1.30 bits per heavy atom. The van der Waals surface area contributed by atoms with Crippen LogP contribution in [0.1, 0.15) is 20.3 Å². The predicted molar refractivity (Wildman–Crippen MR) is 80.4 cm³/mol. The molecule has 2 rings (SSSR count). The molecule has 0 radical (unpaired) electrons. The van der Waals surface area contributed by atoms with Gasteiger partial charge in [-0.3, -0.25) is 5.32 Å². The second-order valence-corrected chi connectivity index (χ2v) is 6.07. The highest BCUT2D eigenvalue weighted by Gasteiger charge is 2.13. The molecule has 5 heteroatoms. The molecule has 1 aromatic rings. The molecular weight excluding hydrogens is 272 g/mol. The third-order valence-electron chi connectivity index (χ3n) is 2.83. The second kappa shape index (κ2) is 7.41. The summed E-state index contributed by atoms with van der Waals surface area (Å²) in [6.07, 6.45) is 0.909. The van der Waals surface area contributed by atoms with Crippen molar-refractivity contribution in [2.24, 2.45) is 0 Å². The summed E-state index contributed by atoms with van der Waals surface area (Å²) in [6.45, 7) is 5.48. The molecule has 1 aliphatic rings. The normalized spacial score (nSPS) is 15.5. The monoisotopic (exact) mass is 292 g/mol. The Kier molecular flexibility index (Phi) is 5.57. The lowest BCUT2D eigenvalue weighted by molar-refractivity contribution is 0.297. The van der Waals surface area contributed by atoms with Crippen molar-refractivity contribution in [1.82, 2.24) is 5.32 Å². The SMILES string of the molecule is CC(C)NC(C#N)CSc1ccc2c(c1)OCCCO2. The summed E-state index contributed by atoms with van der Waals surface area (Å²) >= 11 is 1.65. The summed E-state index contributed by atoms with van der Waals surface area (Å²) in [5, 5.41) is 12.3. The zero-order valence-corrected chi connectivity index (χ0v) is 12.7. The first-order chi connectivity index (χ1) is 9.69. The first kappa shape index (κ1) is 15.0. The highest BCUT2D eigenvalue weighted by Crippen LogP contribution is 2.33. The van der Waals surface area contributed by atoms with Gasteiger partial charge in [-0.15, -0.1) is 11.8 Å². The highest BCUT2D eigenvalue weighted by molar-refractivity contribution is 7.99. The van der Waals surface area contributed by atoms with Crippen LogP contribution in [0.2, 0.25) is 0 Å². The molecule has 1 heterocycles. The Balaban J connectivity index is 1.96. The molecule has 20 heavy (non-hydrogen) atoms. The van der Waals surface area contributed by atoms with Gasteiger partial charge in [-0.25, -0.2) is 0 Å². The van der Waals surface area contributed by atoms with Crippen molar-refractivity contribution in [2.45, 2.75) is 37.2 Å². The van der Waals surface area contributed by atoms with Gasteiger partial charge < -0.3 is 9.47 Å². The van der Waals surface area contributed by atoms with Crippen LogP contribution in [0.25, 0.3) is 0 Å². The zero-order chi connectivity index (χ0) is 14.4. The average molecular weight is 292 g/mol. The Morgan fingerprint density at radius 3 is 2.75 bits per heavy atom. The number of ether oxygens (including phenoxy) is 2. The van der Waals surface area contributed by atoms with Crippen molar-refractivity contribution in [3.8, 4) is 17.6 Å². The van der Waals surface area contributed by atoms with Gasteiger partial charge in [0.2, 0.25) is 0 Å². The molecule has 0 bridgehead atoms. The smallest absolute Gasteiger partial charge is 0.162 e. The van der Waals surface area contributed by atoms with Crippen LogP contribution in [0.15, 0.2) is 23.1 Å². The molecule has 108 valence electrons. The maximum absolute atomic E-state index is 9.11. The molecular formula is C15H20N2O2S. The van der Waals surface area contributed by atoms with E-state index >= 15 is 0 Å². The molecule has 0 saturated carbocycles. The van der Waals surface area contributed by atoms with Crippen molar-refractivity contribution in [1.29, 1.82) is 5.26 Å². The number of nitriles is 1. The molecule has 1 N–H and O–H groups in total. The van der Waals surface area contributed by atoms with Gasteiger partial charge in [0.25, 0.3) is 0 Å². The molecule has 1 unspecified atom stereocenters. The number of benzene rings is 1. The molecule has 0 amide bonds. The van der Waals surface area contributed by atoms with Crippen LogP contribution in [0.4, 0.5) is 0 Å². The Bertz CT molecular complexity index is 485. The Morgan fingerprint density at radius 2 is 2.05 bits per heavy atom. The van der Waals surface area contributed by atoms with Crippen LogP contribution < -0.4 is 14.8 Å². The van der Waals surface area contributed by atoms with Crippen LogP contribution >= 0.6 is 11.8 Å². The Hall–Kier alpha value is -1.38. The minimum absolute atomic E-state index is 0.143. The number of nitrogens with zero attached hydrogens (tertiary/aromatic N) is 1. The number of fused-ring (bicyclic) bond motifs is 1. The van der Waals surface area contributed by atoms with Crippen molar-refractivity contribution < 1.29 is 9.47 Å². The average Bonchev–Trinajstić information content (AvgIpc) is 2.67. The maximum Gasteiger partial charge on any atom is 0.162 e. The summed E-state index contributed by atoms with van der Waals surface area (Å²) in [4.78, 5) is 1.10. The number of hydrogen-bond donors (Lipinski definition) is 1. The van der Waals surface area contributed by atoms with Gasteiger partial charge in [0.1, 0.15) is 6.04 Å². The van der Waals surface area contributed by atoms with E-state index in [4.69, 9.17) is 14.7 Å². The quantitative estimate of drug-likeness (QED) is 0.846. The van der Waals surface area contributed by atoms with Gasteiger partial charge in [0, 0.05) is 23.1 Å². The van der Waals surface area contributed by atoms with E-state index in [9.17, 15) is 0 Å². The third kappa shape index (κ3) is 4.32. The lowest BCUT2D eigenvalue weighted by atomic mass is 10.3. The molecule has 1 aliphatic heterocycles. The molecule has 1 aromatic carbocycles. The summed E-state index contributed by atoms with van der Waals surface area (Å²) in [6, 6.07) is 8.41. The van der Waals surface area contributed by atoms with Gasteiger partial charge in [0.15, 0.2) is 11.5 Å². The molecule has 0 fully saturated rings. The van der Waals surface area contributed by atoms with Crippen LogP contribution in [0.3, 0.4) is 0 Å². The molecule has 0 aromatic heterocycles. The van der Waals surface area contributed by atoms with Crippen molar-refractivity contribution in [2.75, 3.05) is 19.0 Å². The summed E-state index contributed by atoms with van der Waals surface area (Å²) in [5.74, 6) is 2.33. The Labute approximate surface area is 124 Å². The molecule has 1 atom stereocenters. The summed E-state index contributed by atoms with van der Waals surface area (Å²) in [7, 11) is 0. The first-order valence-corrected chi connectivity index (χ1v) is 7.85. The fourth-order valence-electron chi connectivity index (χ4n) is 1.94. The minimum Gasteiger partial charge on any atom is -0.490 e. The molecule has 4 nitrogen and oxygen atoms in total. The lowest BCUT2D eigenvalue weighted by Crippen LogP contribution is -2.35. The number of rotatable bonds is 5. The van der Waals surface area contributed by atoms with Crippen LogP contribution in [-0.2, 0) is 0 Å². The van der Waals surface area contributed by atoms with E-state index in [1.54, 1.807) is 11.8 Å². The second-order valence-electron chi connectivity index (χ2n) is 4.97. The van der Waals surface area contributed by atoms with Gasteiger partial charge >= 0.3 is 0 Å². The van der Waals surface area contributed by atoms with Gasteiger partial charge in [-0.2, -0.15) is 5.26 Å². The zero-order valence-electron chi connectivity index (χ0n) is 11.9. The topological polar surface area (TPSA) is 54.3 Å². The van der Waals surface area contributed by atoms with Crippen LogP contribution in [0.5, 0.6) is 11.5 Å². The predicted octanol–water partition coefficient (Wildman–Crippen LogP) is 2.83. The van der Waals surface area contributed by atoms with Crippen molar-refractivity contribution in [3.05, 3.63) is 18.2 Å². The fraction of sp³-hybridized carbons (Fsp3) is 0.533. The third-order valence-corrected chi connectivity index (χ3v) is 3.91. The summed E-state index contributed by atoms with van der Waals surface area (Å²) in [5.41, 5.74) is 0. The van der Waals surface area contributed by atoms with E-state index in [1.165, 1.54) is 0 Å². The number of thioether (sulfide) groups is 1.